The average Bonchev–Trinajstić information content (AvgIpc) is 2.88. The van der Waals surface area contributed by atoms with E-state index >= 15 is 0 Å². The van der Waals surface area contributed by atoms with Crippen LogP contribution in [0.4, 0.5) is 11.5 Å². The highest BCUT2D eigenvalue weighted by atomic mass is 35.5. The van der Waals surface area contributed by atoms with Crippen molar-refractivity contribution < 1.29 is 19.4 Å². The molecular formula is C27H28ClN5O4. The summed E-state index contributed by atoms with van der Waals surface area (Å²) in [5.41, 5.74) is 2.20. The van der Waals surface area contributed by atoms with Gasteiger partial charge >= 0.3 is 0 Å². The topological polar surface area (TPSA) is 110 Å². The predicted octanol–water partition coefficient (Wildman–Crippen LogP) is 4.61. The van der Waals surface area contributed by atoms with Crippen molar-refractivity contribution in [3.63, 3.8) is 0 Å². The van der Waals surface area contributed by atoms with E-state index in [2.05, 4.69) is 20.3 Å². The van der Waals surface area contributed by atoms with Gasteiger partial charge in [-0.25, -0.2) is 9.97 Å². The first kappa shape index (κ1) is 26.1. The number of likely N-dealkylation sites (N-methyl/N-ethyl adjacent to an activating group) is 1. The average molecular weight is 522 g/mol. The summed E-state index contributed by atoms with van der Waals surface area (Å²) in [6.07, 6.45) is 1.76. The minimum Gasteiger partial charge on any atom is -0.488 e. The molecule has 2 heterocycles. The molecule has 192 valence electrons. The Hall–Kier alpha value is -3.95. The molecule has 0 bridgehead atoms. The van der Waals surface area contributed by atoms with Crippen LogP contribution in [0.2, 0.25) is 5.02 Å². The highest BCUT2D eigenvalue weighted by Crippen LogP contribution is 2.34. The Labute approximate surface area is 220 Å². The van der Waals surface area contributed by atoms with Crippen LogP contribution in [-0.2, 0) is 11.4 Å². The van der Waals surface area contributed by atoms with E-state index in [1.807, 2.05) is 49.4 Å². The summed E-state index contributed by atoms with van der Waals surface area (Å²) in [6, 6.07) is 16.5. The first-order valence-electron chi connectivity index (χ1n) is 11.7. The van der Waals surface area contributed by atoms with Gasteiger partial charge in [0.15, 0.2) is 0 Å². The summed E-state index contributed by atoms with van der Waals surface area (Å²) in [5.74, 6) is 1.27. The Morgan fingerprint density at radius 1 is 1.08 bits per heavy atom. The maximum atomic E-state index is 12.0. The molecule has 0 saturated heterocycles. The molecule has 1 amide bonds. The van der Waals surface area contributed by atoms with Gasteiger partial charge in [0.1, 0.15) is 42.5 Å². The molecule has 0 saturated carbocycles. The van der Waals surface area contributed by atoms with Crippen LogP contribution in [0.25, 0.3) is 10.9 Å². The van der Waals surface area contributed by atoms with E-state index in [1.165, 1.54) is 18.2 Å². The number of amides is 1. The summed E-state index contributed by atoms with van der Waals surface area (Å²) in [6.45, 7) is 3.90. The predicted molar refractivity (Wildman–Crippen MR) is 142 cm³/mol. The van der Waals surface area contributed by atoms with Crippen LogP contribution in [0.1, 0.15) is 19.5 Å². The van der Waals surface area contributed by atoms with Crippen molar-refractivity contribution in [1.29, 1.82) is 0 Å². The third-order valence-corrected chi connectivity index (χ3v) is 5.81. The summed E-state index contributed by atoms with van der Waals surface area (Å²) in [5, 5.41) is 14.0. The molecule has 2 aromatic carbocycles. The SMILES string of the molecule is CC(CN(C)C(=O)[C@@H](C)O)Oc1cccc2ncnc(Nc3ccc(OCc4ccccn4)c(Cl)c3)c12. The number of hydrogen-bond acceptors (Lipinski definition) is 8. The molecule has 4 rings (SSSR count). The molecule has 4 aromatic rings. The number of nitrogens with one attached hydrogen (secondary N) is 1. The first-order valence-corrected chi connectivity index (χ1v) is 12.1. The van der Waals surface area contributed by atoms with E-state index in [9.17, 15) is 9.90 Å². The number of carbonyl (C=O) groups is 1. The lowest BCUT2D eigenvalue weighted by atomic mass is 10.2. The molecule has 9 nitrogen and oxygen atoms in total. The van der Waals surface area contributed by atoms with Gasteiger partial charge in [0.2, 0.25) is 0 Å². The lowest BCUT2D eigenvalue weighted by Gasteiger charge is -2.24. The summed E-state index contributed by atoms with van der Waals surface area (Å²) >= 11 is 6.48. The van der Waals surface area contributed by atoms with Gasteiger partial charge in [-0.3, -0.25) is 9.78 Å². The van der Waals surface area contributed by atoms with Crippen molar-refractivity contribution in [2.24, 2.45) is 0 Å². The molecule has 2 aromatic heterocycles. The van der Waals surface area contributed by atoms with Crippen molar-refractivity contribution in [2.75, 3.05) is 18.9 Å². The zero-order chi connectivity index (χ0) is 26.4. The molecule has 0 aliphatic heterocycles. The number of aliphatic hydroxyl groups excluding tert-OH is 1. The Balaban J connectivity index is 1.52. The Kier molecular flexibility index (Phi) is 8.37. The number of halogens is 1. The smallest absolute Gasteiger partial charge is 0.250 e. The minimum absolute atomic E-state index is 0.298. The number of ether oxygens (including phenoxy) is 2. The van der Waals surface area contributed by atoms with E-state index < -0.39 is 6.10 Å². The van der Waals surface area contributed by atoms with Crippen molar-refractivity contribution in [1.82, 2.24) is 19.9 Å². The fourth-order valence-electron chi connectivity index (χ4n) is 3.79. The molecule has 10 heteroatoms. The molecular weight excluding hydrogens is 494 g/mol. The van der Waals surface area contributed by atoms with E-state index in [4.69, 9.17) is 21.1 Å². The lowest BCUT2D eigenvalue weighted by molar-refractivity contribution is -0.138. The van der Waals surface area contributed by atoms with Gasteiger partial charge in [0.05, 0.1) is 28.2 Å². The number of nitrogens with zero attached hydrogens (tertiary/aromatic N) is 4. The van der Waals surface area contributed by atoms with Gasteiger partial charge in [-0.2, -0.15) is 0 Å². The van der Waals surface area contributed by atoms with Crippen molar-refractivity contribution in [2.45, 2.75) is 32.7 Å². The van der Waals surface area contributed by atoms with Gasteiger partial charge in [0.25, 0.3) is 5.91 Å². The highest BCUT2D eigenvalue weighted by Gasteiger charge is 2.19. The lowest BCUT2D eigenvalue weighted by Crippen LogP contribution is -2.40. The highest BCUT2D eigenvalue weighted by molar-refractivity contribution is 6.32. The van der Waals surface area contributed by atoms with Crippen molar-refractivity contribution in [3.8, 4) is 11.5 Å². The summed E-state index contributed by atoms with van der Waals surface area (Å²) < 4.78 is 12.0. The Morgan fingerprint density at radius 2 is 1.92 bits per heavy atom. The number of aromatic nitrogens is 3. The van der Waals surface area contributed by atoms with Crippen LogP contribution >= 0.6 is 11.6 Å². The van der Waals surface area contributed by atoms with Crippen LogP contribution in [-0.4, -0.2) is 56.7 Å². The second kappa shape index (κ2) is 11.9. The number of benzene rings is 2. The second-order valence-electron chi connectivity index (χ2n) is 8.58. The third kappa shape index (κ3) is 6.63. The number of aliphatic hydroxyl groups is 1. The maximum Gasteiger partial charge on any atom is 0.250 e. The minimum atomic E-state index is -1.07. The number of hydrogen-bond donors (Lipinski definition) is 2. The van der Waals surface area contributed by atoms with E-state index in [1.54, 1.807) is 25.4 Å². The quantitative estimate of drug-likeness (QED) is 0.311. The number of fused-ring (bicyclic) bond motifs is 1. The number of rotatable bonds is 10. The molecule has 0 radical (unpaired) electrons. The van der Waals surface area contributed by atoms with Crippen LogP contribution in [0, 0.1) is 0 Å². The number of carbonyl (C=O) groups excluding carboxylic acids is 1. The zero-order valence-electron chi connectivity index (χ0n) is 20.8. The van der Waals surface area contributed by atoms with Gasteiger partial charge in [0, 0.05) is 18.9 Å². The van der Waals surface area contributed by atoms with Crippen LogP contribution in [0.5, 0.6) is 11.5 Å². The molecule has 0 fully saturated rings. The second-order valence-corrected chi connectivity index (χ2v) is 8.98. The van der Waals surface area contributed by atoms with E-state index in [0.29, 0.717) is 52.1 Å². The monoisotopic (exact) mass is 521 g/mol. The van der Waals surface area contributed by atoms with Crippen LogP contribution < -0.4 is 14.8 Å². The molecule has 1 unspecified atom stereocenters. The van der Waals surface area contributed by atoms with Gasteiger partial charge in [-0.15, -0.1) is 0 Å². The van der Waals surface area contributed by atoms with Crippen LogP contribution in [0.15, 0.2) is 67.1 Å². The number of anilines is 2. The summed E-state index contributed by atoms with van der Waals surface area (Å²) in [7, 11) is 1.63. The Bertz CT molecular complexity index is 1360. The van der Waals surface area contributed by atoms with Crippen molar-refractivity contribution in [3.05, 3.63) is 77.8 Å². The first-order chi connectivity index (χ1) is 17.8. The largest absolute Gasteiger partial charge is 0.488 e. The molecule has 37 heavy (non-hydrogen) atoms. The van der Waals surface area contributed by atoms with E-state index in [-0.39, 0.29) is 12.0 Å². The molecule has 2 N–H and O–H groups in total. The fourth-order valence-corrected chi connectivity index (χ4v) is 4.02. The number of pyridine rings is 1. The molecule has 0 aliphatic rings. The fraction of sp³-hybridized carbons (Fsp3) is 0.259. The standard InChI is InChI=1S/C27H28ClN5O4/c1-17(14-33(3)27(35)18(2)34)37-24-9-6-8-22-25(24)26(31-16-30-22)32-19-10-11-23(21(28)13-19)36-15-20-7-4-5-12-29-20/h4-13,16-18,34H,14-15H2,1-3H3,(H,30,31,32)/t17?,18-/m1/s1. The van der Waals surface area contributed by atoms with Gasteiger partial charge < -0.3 is 24.8 Å². The van der Waals surface area contributed by atoms with Crippen LogP contribution in [0.3, 0.4) is 0 Å². The normalized spacial score (nSPS) is 12.6. The summed E-state index contributed by atoms with van der Waals surface area (Å²) in [4.78, 5) is 26.5. The van der Waals surface area contributed by atoms with Gasteiger partial charge in [-0.1, -0.05) is 23.7 Å². The maximum absolute atomic E-state index is 12.0. The Morgan fingerprint density at radius 3 is 2.65 bits per heavy atom. The molecule has 2 atom stereocenters. The zero-order valence-corrected chi connectivity index (χ0v) is 21.5. The van der Waals surface area contributed by atoms with Crippen molar-refractivity contribution >= 4 is 39.9 Å². The van der Waals surface area contributed by atoms with Gasteiger partial charge in [-0.05, 0) is 56.3 Å². The molecule has 0 spiro atoms. The van der Waals surface area contributed by atoms with E-state index in [0.717, 1.165) is 5.69 Å². The third-order valence-electron chi connectivity index (χ3n) is 5.51. The molecule has 0 aliphatic carbocycles.